The summed E-state index contributed by atoms with van der Waals surface area (Å²) in [7, 11) is 0. The highest BCUT2D eigenvalue weighted by molar-refractivity contribution is 4.78. The van der Waals surface area contributed by atoms with Crippen LogP contribution in [0.1, 0.15) is 26.2 Å². The van der Waals surface area contributed by atoms with E-state index in [1.54, 1.807) is 0 Å². The van der Waals surface area contributed by atoms with Gasteiger partial charge in [-0.2, -0.15) is 13.2 Å². The lowest BCUT2D eigenvalue weighted by Crippen LogP contribution is -2.46. The highest BCUT2D eigenvalue weighted by Gasteiger charge is 2.32. The molecule has 0 aliphatic carbocycles. The molecule has 108 valence electrons. The van der Waals surface area contributed by atoms with Crippen LogP contribution in [0, 0.1) is 5.92 Å². The number of hydrogen-bond donors (Lipinski definition) is 2. The van der Waals surface area contributed by atoms with Crippen molar-refractivity contribution >= 4 is 0 Å². The number of alkyl halides is 3. The van der Waals surface area contributed by atoms with Crippen molar-refractivity contribution in [3.8, 4) is 0 Å². The molecule has 0 aromatic heterocycles. The maximum atomic E-state index is 12.2. The molecule has 1 rings (SSSR count). The lowest BCUT2D eigenvalue weighted by Gasteiger charge is -2.33. The second kappa shape index (κ2) is 7.31. The van der Waals surface area contributed by atoms with Gasteiger partial charge < -0.3 is 10.4 Å². The Morgan fingerprint density at radius 3 is 2.44 bits per heavy atom. The van der Waals surface area contributed by atoms with Crippen molar-refractivity contribution in [2.75, 3.05) is 32.8 Å². The van der Waals surface area contributed by atoms with Crippen molar-refractivity contribution < 1.29 is 18.3 Å². The molecule has 18 heavy (non-hydrogen) atoms. The number of hydrogen-bond acceptors (Lipinski definition) is 3. The van der Waals surface area contributed by atoms with E-state index in [4.69, 9.17) is 5.11 Å². The maximum absolute atomic E-state index is 12.2. The first-order valence-electron chi connectivity index (χ1n) is 6.54. The Bertz CT molecular complexity index is 228. The summed E-state index contributed by atoms with van der Waals surface area (Å²) in [6, 6.07) is 0.315. The minimum absolute atomic E-state index is 0.187. The van der Waals surface area contributed by atoms with Gasteiger partial charge in [0.1, 0.15) is 0 Å². The molecule has 0 bridgehead atoms. The molecular weight excluding hydrogens is 245 g/mol. The predicted octanol–water partition coefficient (Wildman–Crippen LogP) is 1.62. The molecule has 2 N–H and O–H groups in total. The Labute approximate surface area is 106 Å². The molecule has 0 aromatic rings. The first-order chi connectivity index (χ1) is 8.40. The Kier molecular flexibility index (Phi) is 6.38. The molecular formula is C12H23F3N2O. The number of rotatable bonds is 6. The molecule has 0 amide bonds. The molecule has 1 aliphatic rings. The van der Waals surface area contributed by atoms with Crippen LogP contribution in [0.25, 0.3) is 0 Å². The third kappa shape index (κ3) is 6.56. The summed E-state index contributed by atoms with van der Waals surface area (Å²) in [6.45, 7) is 3.29. The van der Waals surface area contributed by atoms with E-state index in [0.717, 1.165) is 25.8 Å². The van der Waals surface area contributed by atoms with Crippen molar-refractivity contribution in [2.24, 2.45) is 5.92 Å². The van der Waals surface area contributed by atoms with E-state index in [1.165, 1.54) is 4.90 Å². The second-order valence-electron chi connectivity index (χ2n) is 5.19. The Hall–Kier alpha value is -0.330. The van der Waals surface area contributed by atoms with E-state index in [2.05, 4.69) is 12.2 Å². The van der Waals surface area contributed by atoms with Crippen LogP contribution in [-0.4, -0.2) is 55.0 Å². The van der Waals surface area contributed by atoms with Gasteiger partial charge in [-0.1, -0.05) is 6.92 Å². The van der Waals surface area contributed by atoms with Gasteiger partial charge in [0, 0.05) is 12.6 Å². The smallest absolute Gasteiger partial charge is 0.396 e. The summed E-state index contributed by atoms with van der Waals surface area (Å²) in [4.78, 5) is 1.47. The van der Waals surface area contributed by atoms with Gasteiger partial charge in [0.2, 0.25) is 0 Å². The normalized spacial score (nSPS) is 21.2. The SMILES string of the molecule is CC(CCO)CNC1CCN(CC(F)(F)F)CC1. The summed E-state index contributed by atoms with van der Waals surface area (Å²) in [5, 5.41) is 12.1. The summed E-state index contributed by atoms with van der Waals surface area (Å²) >= 11 is 0. The first-order valence-corrected chi connectivity index (χ1v) is 6.54. The number of likely N-dealkylation sites (tertiary alicyclic amines) is 1. The fraction of sp³-hybridized carbons (Fsp3) is 1.00. The molecule has 1 fully saturated rings. The molecule has 1 atom stereocenters. The Morgan fingerprint density at radius 1 is 1.33 bits per heavy atom. The fourth-order valence-electron chi connectivity index (χ4n) is 2.24. The molecule has 1 heterocycles. The highest BCUT2D eigenvalue weighted by Crippen LogP contribution is 2.19. The topological polar surface area (TPSA) is 35.5 Å². The standard InChI is InChI=1S/C12H23F3N2O/c1-10(4-7-18)8-16-11-2-5-17(6-3-11)9-12(13,14)15/h10-11,16,18H,2-9H2,1H3. The monoisotopic (exact) mass is 268 g/mol. The van der Waals surface area contributed by atoms with Gasteiger partial charge in [-0.25, -0.2) is 0 Å². The van der Waals surface area contributed by atoms with Gasteiger partial charge >= 0.3 is 6.18 Å². The first kappa shape index (κ1) is 15.7. The summed E-state index contributed by atoms with van der Waals surface area (Å²) in [6.07, 6.45) is -1.79. The molecule has 3 nitrogen and oxygen atoms in total. The zero-order valence-corrected chi connectivity index (χ0v) is 10.8. The average Bonchev–Trinajstić information content (AvgIpc) is 2.26. The Balaban J connectivity index is 2.15. The number of nitrogens with one attached hydrogen (secondary N) is 1. The third-order valence-electron chi connectivity index (χ3n) is 3.37. The van der Waals surface area contributed by atoms with Crippen LogP contribution >= 0.6 is 0 Å². The maximum Gasteiger partial charge on any atom is 0.401 e. The van der Waals surface area contributed by atoms with E-state index in [0.29, 0.717) is 25.0 Å². The molecule has 1 aliphatic heterocycles. The summed E-state index contributed by atoms with van der Waals surface area (Å²) < 4.78 is 36.6. The van der Waals surface area contributed by atoms with Crippen LogP contribution in [-0.2, 0) is 0 Å². The molecule has 1 saturated heterocycles. The van der Waals surface area contributed by atoms with Crippen molar-refractivity contribution in [3.05, 3.63) is 0 Å². The van der Waals surface area contributed by atoms with Gasteiger partial charge in [0.15, 0.2) is 0 Å². The van der Waals surface area contributed by atoms with Crippen molar-refractivity contribution in [1.82, 2.24) is 10.2 Å². The second-order valence-corrected chi connectivity index (χ2v) is 5.19. The van der Waals surface area contributed by atoms with E-state index in [-0.39, 0.29) is 6.61 Å². The highest BCUT2D eigenvalue weighted by atomic mass is 19.4. The third-order valence-corrected chi connectivity index (χ3v) is 3.37. The van der Waals surface area contributed by atoms with E-state index >= 15 is 0 Å². The fourth-order valence-corrected chi connectivity index (χ4v) is 2.24. The molecule has 0 spiro atoms. The number of nitrogens with zero attached hydrogens (tertiary/aromatic N) is 1. The largest absolute Gasteiger partial charge is 0.401 e. The molecule has 0 radical (unpaired) electrons. The molecule has 0 saturated carbocycles. The summed E-state index contributed by atoms with van der Waals surface area (Å²) in [5.41, 5.74) is 0. The Morgan fingerprint density at radius 2 is 1.94 bits per heavy atom. The molecule has 0 aromatic carbocycles. The number of aliphatic hydroxyl groups is 1. The van der Waals surface area contributed by atoms with Gasteiger partial charge in [0.25, 0.3) is 0 Å². The van der Waals surface area contributed by atoms with Crippen molar-refractivity contribution in [3.63, 3.8) is 0 Å². The van der Waals surface area contributed by atoms with E-state index in [1.807, 2.05) is 0 Å². The zero-order valence-electron chi connectivity index (χ0n) is 10.8. The lowest BCUT2D eigenvalue weighted by atomic mass is 10.0. The number of halogens is 3. The quantitative estimate of drug-likeness (QED) is 0.768. The van der Waals surface area contributed by atoms with Crippen molar-refractivity contribution in [1.29, 1.82) is 0 Å². The zero-order chi connectivity index (χ0) is 13.6. The molecule has 1 unspecified atom stereocenters. The lowest BCUT2D eigenvalue weighted by molar-refractivity contribution is -0.148. The van der Waals surface area contributed by atoms with E-state index in [9.17, 15) is 13.2 Å². The number of aliphatic hydroxyl groups excluding tert-OH is 1. The number of piperidine rings is 1. The van der Waals surface area contributed by atoms with E-state index < -0.39 is 12.7 Å². The van der Waals surface area contributed by atoms with Crippen LogP contribution < -0.4 is 5.32 Å². The van der Waals surface area contributed by atoms with Gasteiger partial charge in [0.05, 0.1) is 6.54 Å². The van der Waals surface area contributed by atoms with Gasteiger partial charge in [-0.3, -0.25) is 4.90 Å². The predicted molar refractivity (Wildman–Crippen MR) is 64.4 cm³/mol. The van der Waals surface area contributed by atoms with Crippen LogP contribution in [0.2, 0.25) is 0 Å². The minimum atomic E-state index is -4.09. The van der Waals surface area contributed by atoms with Crippen molar-refractivity contribution in [2.45, 2.75) is 38.4 Å². The molecule has 6 heteroatoms. The van der Waals surface area contributed by atoms with Crippen LogP contribution in [0.15, 0.2) is 0 Å². The minimum Gasteiger partial charge on any atom is -0.396 e. The van der Waals surface area contributed by atoms with Crippen LogP contribution in [0.3, 0.4) is 0 Å². The van der Waals surface area contributed by atoms with Gasteiger partial charge in [-0.05, 0) is 44.8 Å². The summed E-state index contributed by atoms with van der Waals surface area (Å²) in [5.74, 6) is 0.406. The van der Waals surface area contributed by atoms with Gasteiger partial charge in [-0.15, -0.1) is 0 Å². The van der Waals surface area contributed by atoms with Crippen LogP contribution in [0.5, 0.6) is 0 Å². The average molecular weight is 268 g/mol. The van der Waals surface area contributed by atoms with Crippen LogP contribution in [0.4, 0.5) is 13.2 Å².